The van der Waals surface area contributed by atoms with Crippen molar-refractivity contribution in [3.63, 3.8) is 0 Å². The first-order valence-electron chi connectivity index (χ1n) is 33.2. The molecule has 6 nitrogen and oxygen atoms in total. The van der Waals surface area contributed by atoms with Gasteiger partial charge in [0.05, 0.1) is 25.4 Å². The zero-order chi connectivity index (χ0) is 53.6. The van der Waals surface area contributed by atoms with Gasteiger partial charge < -0.3 is 20.3 Å². The number of unbranched alkanes of at least 4 members (excludes halogenated alkanes) is 45. The number of rotatable bonds is 62. The average molecular weight is 1040 g/mol. The lowest BCUT2D eigenvalue weighted by Crippen LogP contribution is -2.45. The summed E-state index contributed by atoms with van der Waals surface area (Å²) in [7, 11) is 0. The van der Waals surface area contributed by atoms with Crippen molar-refractivity contribution < 1.29 is 24.5 Å². The van der Waals surface area contributed by atoms with Crippen LogP contribution < -0.4 is 5.32 Å². The van der Waals surface area contributed by atoms with E-state index in [0.717, 1.165) is 51.4 Å². The average Bonchev–Trinajstić information content (AvgIpc) is 3.40. The van der Waals surface area contributed by atoms with Crippen LogP contribution in [0, 0.1) is 0 Å². The van der Waals surface area contributed by atoms with Crippen molar-refractivity contribution in [2.75, 3.05) is 13.2 Å². The third-order valence-corrected chi connectivity index (χ3v) is 15.4. The van der Waals surface area contributed by atoms with E-state index in [9.17, 15) is 19.8 Å². The van der Waals surface area contributed by atoms with E-state index in [-0.39, 0.29) is 18.5 Å². The molecule has 0 radical (unpaired) electrons. The van der Waals surface area contributed by atoms with Crippen molar-refractivity contribution >= 4 is 11.9 Å². The highest BCUT2D eigenvalue weighted by Gasteiger charge is 2.20. The number of ether oxygens (including phenoxy) is 1. The Morgan fingerprint density at radius 1 is 0.378 bits per heavy atom. The summed E-state index contributed by atoms with van der Waals surface area (Å²) in [4.78, 5) is 24.5. The van der Waals surface area contributed by atoms with E-state index in [2.05, 4.69) is 55.6 Å². The summed E-state index contributed by atoms with van der Waals surface area (Å²) < 4.78 is 5.49. The molecule has 74 heavy (non-hydrogen) atoms. The summed E-state index contributed by atoms with van der Waals surface area (Å²) in [5.41, 5.74) is 0. The fourth-order valence-corrected chi connectivity index (χ4v) is 10.3. The molecule has 0 aromatic heterocycles. The number of hydrogen-bond acceptors (Lipinski definition) is 5. The van der Waals surface area contributed by atoms with Crippen LogP contribution in [0.5, 0.6) is 0 Å². The number of amides is 1. The first-order chi connectivity index (χ1) is 36.5. The van der Waals surface area contributed by atoms with Crippen LogP contribution in [0.2, 0.25) is 0 Å². The number of aliphatic hydroxyl groups is 2. The number of carbonyl (C=O) groups is 2. The number of nitrogens with one attached hydrogen (secondary N) is 1. The second kappa shape index (κ2) is 63.6. The molecule has 0 aliphatic rings. The van der Waals surface area contributed by atoms with Gasteiger partial charge in [-0.15, -0.1) is 0 Å². The maximum absolute atomic E-state index is 12.5. The molecule has 0 heterocycles. The van der Waals surface area contributed by atoms with Crippen molar-refractivity contribution in [2.24, 2.45) is 0 Å². The molecule has 0 saturated heterocycles. The van der Waals surface area contributed by atoms with Crippen LogP contribution in [0.1, 0.15) is 361 Å². The Bertz CT molecular complexity index is 1200. The largest absolute Gasteiger partial charge is 0.466 e. The molecule has 0 aromatic rings. The highest BCUT2D eigenvalue weighted by Crippen LogP contribution is 2.18. The smallest absolute Gasteiger partial charge is 0.305 e. The van der Waals surface area contributed by atoms with Crippen molar-refractivity contribution in [3.05, 3.63) is 36.5 Å². The van der Waals surface area contributed by atoms with Crippen LogP contribution in [0.25, 0.3) is 0 Å². The van der Waals surface area contributed by atoms with Gasteiger partial charge in [0.1, 0.15) is 0 Å². The molecule has 1 amide bonds. The summed E-state index contributed by atoms with van der Waals surface area (Å²) in [6.45, 7) is 4.94. The summed E-state index contributed by atoms with van der Waals surface area (Å²) in [5.74, 6) is -0.0261. The molecular formula is C68H129NO5. The number of hydrogen-bond donors (Lipinski definition) is 3. The third-order valence-electron chi connectivity index (χ3n) is 15.4. The van der Waals surface area contributed by atoms with Crippen LogP contribution >= 0.6 is 0 Å². The molecule has 0 aliphatic carbocycles. The standard InChI is InChI=1S/C68H129NO5/c1-3-5-7-9-11-13-15-17-18-31-35-38-42-46-50-54-58-62-68(73)74-63-59-55-51-47-43-39-36-33-30-28-26-24-22-20-19-21-23-25-27-29-32-34-37-41-45-49-53-57-61-67(72)69-65(64-70)66(71)60-56-52-48-44-40-16-14-12-10-8-6-4-2/h11,13,17-20,65-66,70-71H,3-10,12,14-16,21-64H2,1-2H3,(H,69,72)/b13-11-,18-17-,20-19-. The molecule has 3 N–H and O–H groups in total. The highest BCUT2D eigenvalue weighted by molar-refractivity contribution is 5.76. The highest BCUT2D eigenvalue weighted by atomic mass is 16.5. The van der Waals surface area contributed by atoms with Gasteiger partial charge in [-0.05, 0) is 83.5 Å². The zero-order valence-electron chi connectivity index (χ0n) is 49.8. The Morgan fingerprint density at radius 3 is 1.07 bits per heavy atom. The minimum absolute atomic E-state index is 0.00821. The number of allylic oxidation sites excluding steroid dienone is 6. The van der Waals surface area contributed by atoms with Gasteiger partial charge in [-0.25, -0.2) is 0 Å². The van der Waals surface area contributed by atoms with Crippen molar-refractivity contribution in [2.45, 2.75) is 373 Å². The molecule has 436 valence electrons. The molecule has 0 rings (SSSR count). The Hall–Kier alpha value is -1.92. The van der Waals surface area contributed by atoms with Gasteiger partial charge in [0.2, 0.25) is 5.91 Å². The van der Waals surface area contributed by atoms with Gasteiger partial charge >= 0.3 is 5.97 Å². The van der Waals surface area contributed by atoms with Crippen LogP contribution in [-0.2, 0) is 14.3 Å². The molecule has 0 aromatic carbocycles. The van der Waals surface area contributed by atoms with Crippen LogP contribution in [-0.4, -0.2) is 47.4 Å². The Balaban J connectivity index is 3.36. The van der Waals surface area contributed by atoms with Gasteiger partial charge in [-0.2, -0.15) is 0 Å². The first-order valence-corrected chi connectivity index (χ1v) is 33.2. The molecule has 0 fully saturated rings. The minimum atomic E-state index is -0.663. The second-order valence-electron chi connectivity index (χ2n) is 22.8. The maximum Gasteiger partial charge on any atom is 0.305 e. The van der Waals surface area contributed by atoms with E-state index in [1.165, 1.54) is 276 Å². The Morgan fingerprint density at radius 2 is 0.676 bits per heavy atom. The van der Waals surface area contributed by atoms with Gasteiger partial charge in [-0.1, -0.05) is 301 Å². The normalized spacial score (nSPS) is 12.8. The maximum atomic E-state index is 12.5. The van der Waals surface area contributed by atoms with Gasteiger partial charge in [0, 0.05) is 12.8 Å². The lowest BCUT2D eigenvalue weighted by atomic mass is 10.0. The fraction of sp³-hybridized carbons (Fsp3) is 0.882. The topological polar surface area (TPSA) is 95.9 Å². The minimum Gasteiger partial charge on any atom is -0.466 e. The van der Waals surface area contributed by atoms with Crippen LogP contribution in [0.3, 0.4) is 0 Å². The predicted octanol–water partition coefficient (Wildman–Crippen LogP) is 21.1. The van der Waals surface area contributed by atoms with Crippen molar-refractivity contribution in [1.29, 1.82) is 0 Å². The molecule has 2 atom stereocenters. The monoisotopic (exact) mass is 1040 g/mol. The summed E-state index contributed by atoms with van der Waals surface area (Å²) in [6, 6.07) is -0.540. The molecule has 0 bridgehead atoms. The van der Waals surface area contributed by atoms with E-state index in [0.29, 0.717) is 25.9 Å². The molecule has 6 heteroatoms. The quantitative estimate of drug-likeness (QED) is 0.0320. The third kappa shape index (κ3) is 59.3. The molecular weight excluding hydrogens is 911 g/mol. The fourth-order valence-electron chi connectivity index (χ4n) is 10.3. The molecule has 0 spiro atoms. The lowest BCUT2D eigenvalue weighted by molar-refractivity contribution is -0.143. The Kier molecular flexibility index (Phi) is 62.0. The first kappa shape index (κ1) is 72.1. The zero-order valence-corrected chi connectivity index (χ0v) is 49.8. The van der Waals surface area contributed by atoms with Crippen LogP contribution in [0.15, 0.2) is 36.5 Å². The van der Waals surface area contributed by atoms with E-state index in [1.54, 1.807) is 0 Å². The molecule has 0 aliphatic heterocycles. The lowest BCUT2D eigenvalue weighted by Gasteiger charge is -2.22. The molecule has 2 unspecified atom stereocenters. The predicted molar refractivity (Wildman–Crippen MR) is 324 cm³/mol. The SMILES string of the molecule is CCCCC/C=C\C/C=C\CCCCCCCCCC(=O)OCCCCCCCCCCCCCC/C=C\CCCCCCCCCCCCCCC(=O)NC(CO)C(O)CCCCCCCCCCCCCC. The van der Waals surface area contributed by atoms with E-state index < -0.39 is 12.1 Å². The number of aliphatic hydroxyl groups excluding tert-OH is 2. The molecule has 0 saturated carbocycles. The van der Waals surface area contributed by atoms with E-state index >= 15 is 0 Å². The van der Waals surface area contributed by atoms with Gasteiger partial charge in [-0.3, -0.25) is 9.59 Å². The van der Waals surface area contributed by atoms with Gasteiger partial charge in [0.15, 0.2) is 0 Å². The van der Waals surface area contributed by atoms with Crippen molar-refractivity contribution in [1.82, 2.24) is 5.32 Å². The number of esters is 1. The van der Waals surface area contributed by atoms with E-state index in [1.807, 2.05) is 0 Å². The summed E-state index contributed by atoms with van der Waals surface area (Å²) >= 11 is 0. The second-order valence-corrected chi connectivity index (χ2v) is 22.8. The number of carbonyl (C=O) groups excluding carboxylic acids is 2. The van der Waals surface area contributed by atoms with Crippen molar-refractivity contribution in [3.8, 4) is 0 Å². The van der Waals surface area contributed by atoms with Crippen LogP contribution in [0.4, 0.5) is 0 Å². The Labute approximate surface area is 462 Å². The van der Waals surface area contributed by atoms with Gasteiger partial charge in [0.25, 0.3) is 0 Å². The van der Waals surface area contributed by atoms with E-state index in [4.69, 9.17) is 4.74 Å². The summed E-state index contributed by atoms with van der Waals surface area (Å²) in [5, 5.41) is 23.2. The summed E-state index contributed by atoms with van der Waals surface area (Å²) in [6.07, 6.45) is 80.3.